The summed E-state index contributed by atoms with van der Waals surface area (Å²) >= 11 is 0. The Labute approximate surface area is 180 Å². The smallest absolute Gasteiger partial charge is 0.163 e. The number of hydrogen-bond acceptors (Lipinski definition) is 7. The molecule has 1 heterocycles. The van der Waals surface area contributed by atoms with Gasteiger partial charge in [0.1, 0.15) is 48.0 Å². The van der Waals surface area contributed by atoms with Gasteiger partial charge in [0.05, 0.1) is 5.92 Å². The second-order valence-electron chi connectivity index (χ2n) is 9.45. The molecule has 0 radical (unpaired) electrons. The zero-order chi connectivity index (χ0) is 22.2. The molecule has 2 aliphatic carbocycles. The molecule has 0 amide bonds. The number of ether oxygens (including phenoxy) is 3. The molecular formula is C24H28O7. The fourth-order valence-corrected chi connectivity index (χ4v) is 5.50. The topological polar surface area (TPSA) is 109 Å². The van der Waals surface area contributed by atoms with Crippen LogP contribution >= 0.6 is 0 Å². The quantitative estimate of drug-likeness (QED) is 0.590. The fourth-order valence-electron chi connectivity index (χ4n) is 5.50. The van der Waals surface area contributed by atoms with Crippen LogP contribution in [0.25, 0.3) is 0 Å². The van der Waals surface area contributed by atoms with E-state index in [0.29, 0.717) is 23.5 Å². The van der Waals surface area contributed by atoms with Gasteiger partial charge in [0.25, 0.3) is 0 Å². The third-order valence-electron chi connectivity index (χ3n) is 6.90. The van der Waals surface area contributed by atoms with Crippen molar-refractivity contribution in [2.45, 2.75) is 74.7 Å². The van der Waals surface area contributed by atoms with Crippen LogP contribution in [-0.2, 0) is 16.1 Å². The van der Waals surface area contributed by atoms with Crippen LogP contribution in [0.1, 0.15) is 49.5 Å². The molecular weight excluding hydrogens is 400 g/mol. The first-order chi connectivity index (χ1) is 14.6. The van der Waals surface area contributed by atoms with Gasteiger partial charge >= 0.3 is 0 Å². The Kier molecular flexibility index (Phi) is 4.54. The molecule has 7 atom stereocenters. The van der Waals surface area contributed by atoms with Gasteiger partial charge < -0.3 is 34.6 Å². The van der Waals surface area contributed by atoms with Crippen LogP contribution in [0, 0.1) is 0 Å². The van der Waals surface area contributed by atoms with Gasteiger partial charge in [-0.2, -0.15) is 0 Å². The number of aliphatic hydroxyl groups excluding tert-OH is 2. The molecule has 2 aromatic carbocycles. The van der Waals surface area contributed by atoms with E-state index in [4.69, 9.17) is 14.2 Å². The predicted octanol–water partition coefficient (Wildman–Crippen LogP) is 1.77. The third kappa shape index (κ3) is 2.88. The van der Waals surface area contributed by atoms with Crippen molar-refractivity contribution in [1.29, 1.82) is 0 Å². The van der Waals surface area contributed by atoms with E-state index in [-0.39, 0.29) is 0 Å². The minimum absolute atomic E-state index is 0.301. The molecule has 2 fully saturated rings. The molecule has 0 bridgehead atoms. The lowest BCUT2D eigenvalue weighted by atomic mass is 9.63. The molecule has 3 aliphatic rings. The van der Waals surface area contributed by atoms with E-state index in [2.05, 4.69) is 0 Å². The highest BCUT2D eigenvalue weighted by Crippen LogP contribution is 2.62. The summed E-state index contributed by atoms with van der Waals surface area (Å²) < 4.78 is 18.2. The molecule has 31 heavy (non-hydrogen) atoms. The number of rotatable bonds is 3. The lowest BCUT2D eigenvalue weighted by molar-refractivity contribution is -0.269. The molecule has 0 spiro atoms. The van der Waals surface area contributed by atoms with Crippen LogP contribution in [0.2, 0.25) is 0 Å². The molecule has 1 aliphatic heterocycles. The highest BCUT2D eigenvalue weighted by molar-refractivity contribution is 5.54. The number of hydrogen-bond donors (Lipinski definition) is 4. The molecule has 0 aromatic heterocycles. The zero-order valence-corrected chi connectivity index (χ0v) is 17.7. The van der Waals surface area contributed by atoms with Crippen molar-refractivity contribution < 1.29 is 34.6 Å². The van der Waals surface area contributed by atoms with Crippen molar-refractivity contribution in [2.75, 3.05) is 0 Å². The Hall–Kier alpha value is -2.00. The van der Waals surface area contributed by atoms with E-state index >= 15 is 0 Å². The van der Waals surface area contributed by atoms with E-state index < -0.39 is 47.3 Å². The average molecular weight is 428 g/mol. The number of benzene rings is 2. The van der Waals surface area contributed by atoms with Crippen LogP contribution in [-0.4, -0.2) is 55.7 Å². The largest absolute Gasteiger partial charge is 0.489 e. The van der Waals surface area contributed by atoms with E-state index in [0.717, 1.165) is 5.56 Å². The maximum atomic E-state index is 11.7. The maximum absolute atomic E-state index is 11.7. The van der Waals surface area contributed by atoms with E-state index in [1.807, 2.05) is 30.3 Å². The van der Waals surface area contributed by atoms with Crippen LogP contribution in [0.4, 0.5) is 0 Å². The lowest BCUT2D eigenvalue weighted by Gasteiger charge is -2.52. The van der Waals surface area contributed by atoms with Gasteiger partial charge in [0.15, 0.2) is 5.79 Å². The first kappa shape index (κ1) is 20.9. The summed E-state index contributed by atoms with van der Waals surface area (Å²) in [6.07, 6.45) is -4.80. The van der Waals surface area contributed by atoms with Crippen molar-refractivity contribution in [3.8, 4) is 5.75 Å². The highest BCUT2D eigenvalue weighted by atomic mass is 16.8. The predicted molar refractivity (Wildman–Crippen MR) is 110 cm³/mol. The summed E-state index contributed by atoms with van der Waals surface area (Å²) in [5.74, 6) is -1.40. The van der Waals surface area contributed by atoms with Crippen molar-refractivity contribution in [2.24, 2.45) is 0 Å². The zero-order valence-electron chi connectivity index (χ0n) is 17.7. The molecule has 1 saturated carbocycles. The second-order valence-corrected chi connectivity index (χ2v) is 9.45. The summed E-state index contributed by atoms with van der Waals surface area (Å²) in [5, 5.41) is 45.0. The second kappa shape index (κ2) is 6.75. The molecule has 7 heteroatoms. The van der Waals surface area contributed by atoms with Gasteiger partial charge in [-0.3, -0.25) is 0 Å². The number of fused-ring (bicyclic) bond motifs is 5. The van der Waals surface area contributed by atoms with Gasteiger partial charge in [-0.15, -0.1) is 0 Å². The Balaban J connectivity index is 1.61. The molecule has 1 saturated heterocycles. The van der Waals surface area contributed by atoms with Gasteiger partial charge in [0, 0.05) is 5.56 Å². The van der Waals surface area contributed by atoms with Gasteiger partial charge in [-0.1, -0.05) is 42.5 Å². The van der Waals surface area contributed by atoms with Crippen molar-refractivity contribution in [3.05, 3.63) is 65.2 Å². The van der Waals surface area contributed by atoms with Crippen molar-refractivity contribution >= 4 is 0 Å². The normalized spacial score (nSPS) is 40.2. The minimum Gasteiger partial charge on any atom is -0.489 e. The van der Waals surface area contributed by atoms with Gasteiger partial charge in [-0.05, 0) is 38.0 Å². The molecule has 5 rings (SSSR count). The fraction of sp³-hybridized carbons (Fsp3) is 0.500. The van der Waals surface area contributed by atoms with E-state index in [1.165, 1.54) is 6.92 Å². The van der Waals surface area contributed by atoms with Crippen LogP contribution in [0.3, 0.4) is 0 Å². The van der Waals surface area contributed by atoms with Crippen LogP contribution < -0.4 is 4.74 Å². The average Bonchev–Trinajstić information content (AvgIpc) is 3.18. The highest BCUT2D eigenvalue weighted by Gasteiger charge is 2.73. The monoisotopic (exact) mass is 428 g/mol. The van der Waals surface area contributed by atoms with E-state index in [9.17, 15) is 20.4 Å². The third-order valence-corrected chi connectivity index (χ3v) is 6.90. The summed E-state index contributed by atoms with van der Waals surface area (Å²) in [5.41, 5.74) is -1.91. The number of aliphatic hydroxyl groups is 4. The summed E-state index contributed by atoms with van der Waals surface area (Å²) in [6.45, 7) is 5.14. The minimum atomic E-state index is -2.07. The summed E-state index contributed by atoms with van der Waals surface area (Å²) in [6, 6.07) is 14.9. The summed E-state index contributed by atoms with van der Waals surface area (Å²) in [7, 11) is 0. The Bertz CT molecular complexity index is 985. The molecule has 7 nitrogen and oxygen atoms in total. The Morgan fingerprint density at radius 1 is 0.935 bits per heavy atom. The SMILES string of the molecule is CC1(C)O[C@@H]2[C@@H](O1)[C@@](C)(O)[C@@H](O)[C@@]1(O)[C@H](O)c3cccc(OCc4ccccc4)c3[C@@H]21. The summed E-state index contributed by atoms with van der Waals surface area (Å²) in [4.78, 5) is 0. The van der Waals surface area contributed by atoms with Crippen molar-refractivity contribution in [1.82, 2.24) is 0 Å². The molecule has 2 aromatic rings. The maximum Gasteiger partial charge on any atom is 0.163 e. The molecule has 166 valence electrons. The Morgan fingerprint density at radius 2 is 1.65 bits per heavy atom. The van der Waals surface area contributed by atoms with Gasteiger partial charge in [-0.25, -0.2) is 0 Å². The van der Waals surface area contributed by atoms with Crippen LogP contribution in [0.15, 0.2) is 48.5 Å². The van der Waals surface area contributed by atoms with E-state index in [1.54, 1.807) is 32.0 Å². The lowest BCUT2D eigenvalue weighted by Crippen LogP contribution is -2.71. The first-order valence-corrected chi connectivity index (χ1v) is 10.5. The Morgan fingerprint density at radius 3 is 2.35 bits per heavy atom. The standard InChI is InChI=1S/C24H28O7/c1-22(2)30-18-17-16-14(10-7-11-15(16)29-12-13-8-5-4-6-9-13)19(25)24(17,28)21(26)23(3,27)20(18)31-22/h4-11,17-21,25-28H,12H2,1-3H3/t17-,18-,19+,20+,21+,23+,24-/m0/s1. The van der Waals surface area contributed by atoms with Crippen molar-refractivity contribution in [3.63, 3.8) is 0 Å². The molecule has 0 unspecified atom stereocenters. The van der Waals surface area contributed by atoms with Gasteiger partial charge in [0.2, 0.25) is 0 Å². The van der Waals surface area contributed by atoms with Crippen LogP contribution in [0.5, 0.6) is 5.75 Å². The molecule has 4 N–H and O–H groups in total. The first-order valence-electron chi connectivity index (χ1n) is 10.5.